The van der Waals surface area contributed by atoms with Crippen molar-refractivity contribution in [3.8, 4) is 0 Å². The molecule has 0 aliphatic carbocycles. The number of ether oxygens (including phenoxy) is 1. The van der Waals surface area contributed by atoms with E-state index < -0.39 is 0 Å². The molecule has 3 heteroatoms. The fraction of sp³-hybridized carbons (Fsp3) is 1.00. The van der Waals surface area contributed by atoms with Crippen molar-refractivity contribution in [2.75, 3.05) is 32.7 Å². The zero-order valence-electron chi connectivity index (χ0n) is 10.4. The maximum Gasteiger partial charge on any atom is 0.0462 e. The van der Waals surface area contributed by atoms with E-state index in [1.807, 2.05) is 0 Å². The van der Waals surface area contributed by atoms with Gasteiger partial charge in [0.15, 0.2) is 0 Å². The van der Waals surface area contributed by atoms with E-state index >= 15 is 0 Å². The maximum absolute atomic E-state index is 6.03. The molecular weight excluding hydrogens is 210 g/mol. The summed E-state index contributed by atoms with van der Waals surface area (Å²) in [5, 5.41) is 3.50. The monoisotopic (exact) mass is 235 g/mol. The number of methoxy groups -OCH3 is 1. The molecule has 0 saturated carbocycles. The molecule has 0 aliphatic rings. The fourth-order valence-corrected chi connectivity index (χ4v) is 2.06. The first kappa shape index (κ1) is 15.2. The van der Waals surface area contributed by atoms with Crippen molar-refractivity contribution < 1.29 is 4.74 Å². The molecule has 0 spiro atoms. The number of hydrogen-bond acceptors (Lipinski definition) is 2. The summed E-state index contributed by atoms with van der Waals surface area (Å²) in [6.07, 6.45) is 4.62. The van der Waals surface area contributed by atoms with Gasteiger partial charge in [-0.05, 0) is 37.6 Å². The first-order chi connectivity index (χ1) is 7.24. The van der Waals surface area contributed by atoms with Crippen molar-refractivity contribution in [2.24, 2.45) is 5.41 Å². The van der Waals surface area contributed by atoms with Crippen LogP contribution >= 0.6 is 11.6 Å². The molecule has 0 aromatic rings. The summed E-state index contributed by atoms with van der Waals surface area (Å²) in [5.41, 5.74) is 0.294. The molecule has 92 valence electrons. The fourth-order valence-electron chi connectivity index (χ4n) is 1.59. The lowest BCUT2D eigenvalue weighted by atomic mass is 9.84. The number of rotatable bonds is 10. The molecule has 2 nitrogen and oxygen atoms in total. The Morgan fingerprint density at radius 2 is 1.87 bits per heavy atom. The Hall–Kier alpha value is 0.210. The van der Waals surface area contributed by atoms with Crippen molar-refractivity contribution in [2.45, 2.75) is 39.5 Å². The van der Waals surface area contributed by atoms with Crippen molar-refractivity contribution in [1.29, 1.82) is 0 Å². The summed E-state index contributed by atoms with van der Waals surface area (Å²) in [6.45, 7) is 7.42. The van der Waals surface area contributed by atoms with Gasteiger partial charge in [-0.15, -0.1) is 11.6 Å². The van der Waals surface area contributed by atoms with Crippen LogP contribution in [0, 0.1) is 5.41 Å². The number of unbranched alkanes of at least 4 members (excludes halogenated alkanes) is 1. The second-order valence-electron chi connectivity index (χ2n) is 4.22. The minimum atomic E-state index is 0.294. The average molecular weight is 236 g/mol. The van der Waals surface area contributed by atoms with Gasteiger partial charge in [0.2, 0.25) is 0 Å². The van der Waals surface area contributed by atoms with Gasteiger partial charge in [0.05, 0.1) is 0 Å². The van der Waals surface area contributed by atoms with Crippen molar-refractivity contribution in [3.63, 3.8) is 0 Å². The SMILES string of the molecule is CCC(CC)(CCl)CNCCCCOC. The second kappa shape index (κ2) is 9.44. The van der Waals surface area contributed by atoms with Crippen LogP contribution in [0.1, 0.15) is 39.5 Å². The second-order valence-corrected chi connectivity index (χ2v) is 4.48. The predicted molar refractivity (Wildman–Crippen MR) is 67.7 cm³/mol. The van der Waals surface area contributed by atoms with E-state index in [2.05, 4.69) is 19.2 Å². The van der Waals surface area contributed by atoms with E-state index in [4.69, 9.17) is 16.3 Å². The lowest BCUT2D eigenvalue weighted by molar-refractivity contribution is 0.191. The van der Waals surface area contributed by atoms with Crippen LogP contribution < -0.4 is 5.32 Å². The van der Waals surface area contributed by atoms with Crippen LogP contribution in [0.15, 0.2) is 0 Å². The van der Waals surface area contributed by atoms with Gasteiger partial charge in [-0.1, -0.05) is 13.8 Å². The highest BCUT2D eigenvalue weighted by Crippen LogP contribution is 2.26. The van der Waals surface area contributed by atoms with Gasteiger partial charge < -0.3 is 10.1 Å². The molecule has 0 aromatic heterocycles. The Bertz CT molecular complexity index is 129. The molecule has 0 aromatic carbocycles. The van der Waals surface area contributed by atoms with Crippen LogP contribution in [0.4, 0.5) is 0 Å². The smallest absolute Gasteiger partial charge is 0.0462 e. The molecular formula is C12H26ClNO. The number of nitrogens with one attached hydrogen (secondary N) is 1. The van der Waals surface area contributed by atoms with Crippen LogP contribution in [0.5, 0.6) is 0 Å². The summed E-state index contributed by atoms with van der Waals surface area (Å²) in [5.74, 6) is 0.755. The summed E-state index contributed by atoms with van der Waals surface area (Å²) in [4.78, 5) is 0. The molecule has 15 heavy (non-hydrogen) atoms. The molecule has 0 fully saturated rings. The maximum atomic E-state index is 6.03. The van der Waals surface area contributed by atoms with Crippen LogP contribution in [0.25, 0.3) is 0 Å². The minimum Gasteiger partial charge on any atom is -0.385 e. The summed E-state index contributed by atoms with van der Waals surface area (Å²) < 4.78 is 5.00. The van der Waals surface area contributed by atoms with Gasteiger partial charge in [-0.3, -0.25) is 0 Å². The standard InChI is InChI=1S/C12H26ClNO/c1-4-12(5-2,10-13)11-14-8-6-7-9-15-3/h14H,4-11H2,1-3H3. The van der Waals surface area contributed by atoms with E-state index in [1.54, 1.807) is 7.11 Å². The molecule has 0 radical (unpaired) electrons. The molecule has 0 unspecified atom stereocenters. The van der Waals surface area contributed by atoms with Gasteiger partial charge in [0.1, 0.15) is 0 Å². The highest BCUT2D eigenvalue weighted by molar-refractivity contribution is 6.18. The van der Waals surface area contributed by atoms with Crippen LogP contribution in [-0.2, 0) is 4.74 Å². The third kappa shape index (κ3) is 6.39. The first-order valence-corrected chi connectivity index (χ1v) is 6.53. The van der Waals surface area contributed by atoms with E-state index in [1.165, 1.54) is 6.42 Å². The lowest BCUT2D eigenvalue weighted by Gasteiger charge is -2.29. The third-order valence-corrected chi connectivity index (χ3v) is 3.80. The van der Waals surface area contributed by atoms with E-state index in [0.29, 0.717) is 5.41 Å². The Morgan fingerprint density at radius 3 is 2.33 bits per heavy atom. The number of alkyl halides is 1. The van der Waals surface area contributed by atoms with Crippen molar-refractivity contribution >= 4 is 11.6 Å². The summed E-state index contributed by atoms with van der Waals surface area (Å²) in [7, 11) is 1.75. The van der Waals surface area contributed by atoms with Crippen molar-refractivity contribution in [1.82, 2.24) is 5.32 Å². The van der Waals surface area contributed by atoms with Gasteiger partial charge >= 0.3 is 0 Å². The average Bonchev–Trinajstić information content (AvgIpc) is 2.29. The van der Waals surface area contributed by atoms with Crippen LogP contribution in [-0.4, -0.2) is 32.7 Å². The topological polar surface area (TPSA) is 21.3 Å². The molecule has 0 rings (SSSR count). The largest absolute Gasteiger partial charge is 0.385 e. The minimum absolute atomic E-state index is 0.294. The van der Waals surface area contributed by atoms with E-state index in [-0.39, 0.29) is 0 Å². The molecule has 0 aliphatic heterocycles. The van der Waals surface area contributed by atoms with Crippen LogP contribution in [0.3, 0.4) is 0 Å². The van der Waals surface area contributed by atoms with E-state index in [0.717, 1.165) is 44.8 Å². The van der Waals surface area contributed by atoms with Gasteiger partial charge in [-0.25, -0.2) is 0 Å². The Kier molecular flexibility index (Phi) is 9.57. The number of hydrogen-bond donors (Lipinski definition) is 1. The van der Waals surface area contributed by atoms with Gasteiger partial charge in [-0.2, -0.15) is 0 Å². The Labute approximate surface area is 99.7 Å². The van der Waals surface area contributed by atoms with Gasteiger partial charge in [0, 0.05) is 26.1 Å². The Morgan fingerprint density at radius 1 is 1.20 bits per heavy atom. The molecule has 0 amide bonds. The zero-order chi connectivity index (χ0) is 11.6. The summed E-state index contributed by atoms with van der Waals surface area (Å²) in [6, 6.07) is 0. The Balaban J connectivity index is 3.54. The highest BCUT2D eigenvalue weighted by Gasteiger charge is 2.23. The van der Waals surface area contributed by atoms with Gasteiger partial charge in [0.25, 0.3) is 0 Å². The first-order valence-electron chi connectivity index (χ1n) is 6.00. The predicted octanol–water partition coefficient (Wildman–Crippen LogP) is 3.05. The normalized spacial score (nSPS) is 12.0. The molecule has 0 saturated heterocycles. The third-order valence-electron chi connectivity index (χ3n) is 3.24. The molecule has 0 heterocycles. The lowest BCUT2D eigenvalue weighted by Crippen LogP contribution is -2.35. The highest BCUT2D eigenvalue weighted by atomic mass is 35.5. The molecule has 0 bridgehead atoms. The molecule has 1 N–H and O–H groups in total. The van der Waals surface area contributed by atoms with E-state index in [9.17, 15) is 0 Å². The summed E-state index contributed by atoms with van der Waals surface area (Å²) >= 11 is 6.03. The quantitative estimate of drug-likeness (QED) is 0.464. The van der Waals surface area contributed by atoms with Crippen LogP contribution in [0.2, 0.25) is 0 Å². The van der Waals surface area contributed by atoms with Crippen molar-refractivity contribution in [3.05, 3.63) is 0 Å². The molecule has 0 atom stereocenters. The number of halogens is 1. The zero-order valence-corrected chi connectivity index (χ0v) is 11.2.